The summed E-state index contributed by atoms with van der Waals surface area (Å²) >= 11 is 0. The zero-order chi connectivity index (χ0) is 8.43. The van der Waals surface area contributed by atoms with E-state index in [9.17, 15) is 5.11 Å². The van der Waals surface area contributed by atoms with Gasteiger partial charge in [-0.15, -0.1) is 0 Å². The SMILES string of the molecule is C[C@H]1CN(C)C[C@@H](CO)[C@@H]1O. The Hall–Kier alpha value is -0.120. The van der Waals surface area contributed by atoms with Crippen LogP contribution in [0.3, 0.4) is 0 Å². The molecule has 1 rings (SSSR count). The predicted molar refractivity (Wildman–Crippen MR) is 43.2 cm³/mol. The summed E-state index contributed by atoms with van der Waals surface area (Å²) in [6.07, 6.45) is -0.323. The Kier molecular flexibility index (Phi) is 2.87. The summed E-state index contributed by atoms with van der Waals surface area (Å²) in [4.78, 5) is 2.15. The summed E-state index contributed by atoms with van der Waals surface area (Å²) in [6.45, 7) is 3.85. The highest BCUT2D eigenvalue weighted by molar-refractivity contribution is 4.82. The maximum absolute atomic E-state index is 9.57. The van der Waals surface area contributed by atoms with E-state index in [-0.39, 0.29) is 24.5 Å². The highest BCUT2D eigenvalue weighted by atomic mass is 16.3. The van der Waals surface area contributed by atoms with Crippen LogP contribution < -0.4 is 0 Å². The van der Waals surface area contributed by atoms with Gasteiger partial charge in [-0.2, -0.15) is 0 Å². The molecule has 1 aliphatic rings. The first-order valence-electron chi connectivity index (χ1n) is 4.12. The quantitative estimate of drug-likeness (QED) is 0.544. The van der Waals surface area contributed by atoms with E-state index in [0.717, 1.165) is 13.1 Å². The Bertz CT molecular complexity index is 129. The Morgan fingerprint density at radius 3 is 2.64 bits per heavy atom. The summed E-state index contributed by atoms with van der Waals surface area (Å²) in [5, 5.41) is 18.5. The number of aliphatic hydroxyl groups excluding tert-OH is 2. The number of hydrogen-bond donors (Lipinski definition) is 2. The number of nitrogens with zero attached hydrogens (tertiary/aromatic N) is 1. The Morgan fingerprint density at radius 1 is 1.45 bits per heavy atom. The number of likely N-dealkylation sites (tertiary alicyclic amines) is 1. The van der Waals surface area contributed by atoms with Crippen LogP contribution in [0.1, 0.15) is 6.92 Å². The minimum Gasteiger partial charge on any atom is -0.396 e. The molecule has 1 fully saturated rings. The number of hydrogen-bond acceptors (Lipinski definition) is 3. The standard InChI is InChI=1S/C8H17NO2/c1-6-3-9(2)4-7(5-10)8(6)11/h6-8,10-11H,3-5H2,1-2H3/t6-,7-,8+/m0/s1. The third-order valence-electron chi connectivity index (χ3n) is 2.45. The van der Waals surface area contributed by atoms with Crippen molar-refractivity contribution >= 4 is 0 Å². The minimum atomic E-state index is -0.323. The lowest BCUT2D eigenvalue weighted by molar-refractivity contribution is -0.0280. The largest absolute Gasteiger partial charge is 0.396 e. The molecule has 3 nitrogen and oxygen atoms in total. The van der Waals surface area contributed by atoms with E-state index in [1.54, 1.807) is 0 Å². The molecule has 0 bridgehead atoms. The number of aliphatic hydroxyl groups is 2. The number of piperidine rings is 1. The fourth-order valence-corrected chi connectivity index (χ4v) is 1.81. The Labute approximate surface area is 67.6 Å². The third kappa shape index (κ3) is 1.92. The Balaban J connectivity index is 2.51. The lowest BCUT2D eigenvalue weighted by Gasteiger charge is -2.37. The molecule has 0 amide bonds. The van der Waals surface area contributed by atoms with Crippen LogP contribution in [0.5, 0.6) is 0 Å². The van der Waals surface area contributed by atoms with Gasteiger partial charge in [-0.05, 0) is 13.0 Å². The lowest BCUT2D eigenvalue weighted by Crippen LogP contribution is -2.47. The monoisotopic (exact) mass is 159 g/mol. The van der Waals surface area contributed by atoms with Gasteiger partial charge in [-0.25, -0.2) is 0 Å². The van der Waals surface area contributed by atoms with Crippen LogP contribution in [-0.2, 0) is 0 Å². The summed E-state index contributed by atoms with van der Waals surface area (Å²) in [6, 6.07) is 0. The molecule has 0 aromatic carbocycles. The van der Waals surface area contributed by atoms with E-state index in [2.05, 4.69) is 4.90 Å². The van der Waals surface area contributed by atoms with Crippen LogP contribution in [0.15, 0.2) is 0 Å². The molecule has 0 radical (unpaired) electrons. The fraction of sp³-hybridized carbons (Fsp3) is 1.00. The van der Waals surface area contributed by atoms with Crippen molar-refractivity contribution in [3.63, 3.8) is 0 Å². The minimum absolute atomic E-state index is 0.0451. The molecule has 3 heteroatoms. The maximum atomic E-state index is 9.57. The second-order valence-electron chi connectivity index (χ2n) is 3.63. The van der Waals surface area contributed by atoms with E-state index in [4.69, 9.17) is 5.11 Å². The van der Waals surface area contributed by atoms with Gasteiger partial charge in [0.1, 0.15) is 0 Å². The predicted octanol–water partition coefficient (Wildman–Crippen LogP) is -0.463. The third-order valence-corrected chi connectivity index (χ3v) is 2.45. The average molecular weight is 159 g/mol. The molecule has 1 saturated heterocycles. The van der Waals surface area contributed by atoms with Gasteiger partial charge in [0, 0.05) is 25.6 Å². The van der Waals surface area contributed by atoms with Crippen molar-refractivity contribution in [2.24, 2.45) is 11.8 Å². The van der Waals surface area contributed by atoms with Gasteiger partial charge < -0.3 is 15.1 Å². The lowest BCUT2D eigenvalue weighted by atomic mass is 9.88. The molecular formula is C8H17NO2. The van der Waals surface area contributed by atoms with Crippen LogP contribution >= 0.6 is 0 Å². The van der Waals surface area contributed by atoms with Crippen molar-refractivity contribution in [2.75, 3.05) is 26.7 Å². The van der Waals surface area contributed by atoms with Gasteiger partial charge in [-0.1, -0.05) is 6.92 Å². The summed E-state index contributed by atoms with van der Waals surface area (Å²) in [5.41, 5.74) is 0. The second kappa shape index (κ2) is 3.52. The van der Waals surface area contributed by atoms with Crippen molar-refractivity contribution in [3.05, 3.63) is 0 Å². The van der Waals surface area contributed by atoms with Crippen LogP contribution in [0.2, 0.25) is 0 Å². The van der Waals surface area contributed by atoms with Gasteiger partial charge in [0.15, 0.2) is 0 Å². The molecule has 0 saturated carbocycles. The van der Waals surface area contributed by atoms with Crippen molar-refractivity contribution in [1.82, 2.24) is 4.90 Å². The topological polar surface area (TPSA) is 43.7 Å². The summed E-state index contributed by atoms with van der Waals surface area (Å²) in [7, 11) is 2.02. The molecule has 1 heterocycles. The highest BCUT2D eigenvalue weighted by Gasteiger charge is 2.30. The first-order valence-corrected chi connectivity index (χ1v) is 4.12. The van der Waals surface area contributed by atoms with E-state index < -0.39 is 0 Å². The smallest absolute Gasteiger partial charge is 0.0640 e. The van der Waals surface area contributed by atoms with Gasteiger partial charge >= 0.3 is 0 Å². The van der Waals surface area contributed by atoms with Gasteiger partial charge in [0.25, 0.3) is 0 Å². The fourth-order valence-electron chi connectivity index (χ4n) is 1.81. The molecular weight excluding hydrogens is 142 g/mol. The molecule has 0 spiro atoms. The second-order valence-corrected chi connectivity index (χ2v) is 3.63. The van der Waals surface area contributed by atoms with Crippen molar-refractivity contribution < 1.29 is 10.2 Å². The van der Waals surface area contributed by atoms with Crippen LogP contribution in [-0.4, -0.2) is 48.0 Å². The van der Waals surface area contributed by atoms with Gasteiger partial charge in [0.2, 0.25) is 0 Å². The van der Waals surface area contributed by atoms with Crippen molar-refractivity contribution in [1.29, 1.82) is 0 Å². The van der Waals surface area contributed by atoms with Crippen molar-refractivity contribution in [3.8, 4) is 0 Å². The zero-order valence-electron chi connectivity index (χ0n) is 7.20. The van der Waals surface area contributed by atoms with Crippen LogP contribution in [0.4, 0.5) is 0 Å². The van der Waals surface area contributed by atoms with E-state index in [1.807, 2.05) is 14.0 Å². The molecule has 0 unspecified atom stereocenters. The van der Waals surface area contributed by atoms with E-state index >= 15 is 0 Å². The normalized spacial score (nSPS) is 40.9. The first kappa shape index (κ1) is 8.97. The highest BCUT2D eigenvalue weighted by Crippen LogP contribution is 2.20. The summed E-state index contributed by atoms with van der Waals surface area (Å²) in [5.74, 6) is 0.328. The Morgan fingerprint density at radius 2 is 2.09 bits per heavy atom. The van der Waals surface area contributed by atoms with Crippen LogP contribution in [0.25, 0.3) is 0 Å². The molecule has 0 aliphatic carbocycles. The first-order chi connectivity index (χ1) is 5.15. The molecule has 0 aromatic heterocycles. The zero-order valence-corrected chi connectivity index (χ0v) is 7.20. The number of rotatable bonds is 1. The van der Waals surface area contributed by atoms with Gasteiger partial charge in [0.05, 0.1) is 6.10 Å². The average Bonchev–Trinajstić information content (AvgIpc) is 1.96. The van der Waals surface area contributed by atoms with Crippen molar-refractivity contribution in [2.45, 2.75) is 13.0 Å². The molecule has 1 aliphatic heterocycles. The van der Waals surface area contributed by atoms with Gasteiger partial charge in [-0.3, -0.25) is 0 Å². The summed E-state index contributed by atoms with van der Waals surface area (Å²) < 4.78 is 0. The molecule has 11 heavy (non-hydrogen) atoms. The molecule has 0 aromatic rings. The van der Waals surface area contributed by atoms with Crippen LogP contribution in [0, 0.1) is 11.8 Å². The van der Waals surface area contributed by atoms with E-state index in [0.29, 0.717) is 0 Å². The van der Waals surface area contributed by atoms with E-state index in [1.165, 1.54) is 0 Å². The molecule has 3 atom stereocenters. The maximum Gasteiger partial charge on any atom is 0.0640 e. The molecule has 2 N–H and O–H groups in total. The molecule has 66 valence electrons.